The fourth-order valence-corrected chi connectivity index (χ4v) is 1.12. The minimum atomic E-state index is -2.84. The van der Waals surface area contributed by atoms with Gasteiger partial charge in [-0.15, -0.1) is 0 Å². The SMILES string of the molecule is Nc1cc(I)c(F)nc1C(F)F. The first-order valence-electron chi connectivity index (χ1n) is 2.92. The van der Waals surface area contributed by atoms with E-state index in [2.05, 4.69) is 4.98 Å². The van der Waals surface area contributed by atoms with Crippen LogP contribution in [0.2, 0.25) is 0 Å². The molecule has 2 nitrogen and oxygen atoms in total. The lowest BCUT2D eigenvalue weighted by Crippen LogP contribution is -2.02. The first kappa shape index (κ1) is 9.56. The Morgan fingerprint density at radius 3 is 2.58 bits per heavy atom. The number of pyridine rings is 1. The molecule has 12 heavy (non-hydrogen) atoms. The van der Waals surface area contributed by atoms with Crippen molar-refractivity contribution in [3.05, 3.63) is 21.3 Å². The number of rotatable bonds is 1. The molecule has 2 N–H and O–H groups in total. The number of anilines is 1. The minimum absolute atomic E-state index is 0.134. The Balaban J connectivity index is 3.23. The van der Waals surface area contributed by atoms with E-state index in [1.54, 1.807) is 22.6 Å². The number of aromatic nitrogens is 1. The van der Waals surface area contributed by atoms with E-state index in [1.165, 1.54) is 0 Å². The summed E-state index contributed by atoms with van der Waals surface area (Å²) in [6.45, 7) is 0. The fraction of sp³-hybridized carbons (Fsp3) is 0.167. The lowest BCUT2D eigenvalue weighted by atomic mass is 10.3. The number of hydrogen-bond acceptors (Lipinski definition) is 2. The van der Waals surface area contributed by atoms with Crippen molar-refractivity contribution in [2.75, 3.05) is 5.73 Å². The van der Waals surface area contributed by atoms with Crippen LogP contribution in [0.15, 0.2) is 6.07 Å². The molecule has 0 amide bonds. The van der Waals surface area contributed by atoms with Crippen LogP contribution in [0.1, 0.15) is 12.1 Å². The van der Waals surface area contributed by atoms with Crippen LogP contribution in [-0.2, 0) is 0 Å². The van der Waals surface area contributed by atoms with Gasteiger partial charge >= 0.3 is 0 Å². The molecule has 0 fully saturated rings. The van der Waals surface area contributed by atoms with Crippen molar-refractivity contribution in [1.82, 2.24) is 4.98 Å². The summed E-state index contributed by atoms with van der Waals surface area (Å²) < 4.78 is 36.8. The van der Waals surface area contributed by atoms with E-state index in [4.69, 9.17) is 5.73 Å². The van der Waals surface area contributed by atoms with E-state index in [0.29, 0.717) is 0 Å². The first-order chi connectivity index (χ1) is 5.52. The molecule has 0 aliphatic heterocycles. The number of nitrogens with zero attached hydrogens (tertiary/aromatic N) is 1. The second-order valence-electron chi connectivity index (χ2n) is 2.04. The number of nitrogen functional groups attached to an aromatic ring is 1. The zero-order valence-corrected chi connectivity index (χ0v) is 7.85. The Labute approximate surface area is 80.1 Å². The summed E-state index contributed by atoms with van der Waals surface area (Å²) in [5, 5.41) is 0. The molecule has 6 heteroatoms. The van der Waals surface area contributed by atoms with Gasteiger partial charge in [-0.05, 0) is 28.7 Å². The summed E-state index contributed by atoms with van der Waals surface area (Å²) >= 11 is 1.63. The summed E-state index contributed by atoms with van der Waals surface area (Å²) in [6.07, 6.45) is -2.84. The van der Waals surface area contributed by atoms with Crippen molar-refractivity contribution in [3.63, 3.8) is 0 Å². The smallest absolute Gasteiger partial charge is 0.282 e. The fourth-order valence-electron chi connectivity index (χ4n) is 0.669. The number of nitrogens with two attached hydrogens (primary N) is 1. The summed E-state index contributed by atoms with van der Waals surface area (Å²) in [5.41, 5.74) is 4.29. The Morgan fingerprint density at radius 1 is 1.50 bits per heavy atom. The molecule has 1 aromatic rings. The zero-order valence-electron chi connectivity index (χ0n) is 5.69. The standard InChI is InChI=1S/C6H4F3IN2/c7-5(8)4-3(11)1-2(10)6(9)12-4/h1,5H,11H2. The van der Waals surface area contributed by atoms with Gasteiger partial charge in [-0.1, -0.05) is 0 Å². The van der Waals surface area contributed by atoms with Crippen molar-refractivity contribution in [2.45, 2.75) is 6.43 Å². The Hall–Kier alpha value is -0.530. The molecular formula is C6H4F3IN2. The van der Waals surface area contributed by atoms with Gasteiger partial charge in [0.15, 0.2) is 0 Å². The lowest BCUT2D eigenvalue weighted by molar-refractivity contribution is 0.145. The van der Waals surface area contributed by atoms with Gasteiger partial charge in [0, 0.05) is 0 Å². The highest BCUT2D eigenvalue weighted by molar-refractivity contribution is 14.1. The molecule has 1 heterocycles. The van der Waals surface area contributed by atoms with Crippen LogP contribution in [0.25, 0.3) is 0 Å². The maximum atomic E-state index is 12.6. The third-order valence-electron chi connectivity index (χ3n) is 1.20. The maximum Gasteiger partial charge on any atom is 0.282 e. The molecule has 0 saturated carbocycles. The number of halogens is 4. The summed E-state index contributed by atoms with van der Waals surface area (Å²) in [7, 11) is 0. The van der Waals surface area contributed by atoms with E-state index in [9.17, 15) is 13.2 Å². The van der Waals surface area contributed by atoms with Crippen LogP contribution in [0, 0.1) is 9.52 Å². The second-order valence-corrected chi connectivity index (χ2v) is 3.20. The van der Waals surface area contributed by atoms with Crippen molar-refractivity contribution in [1.29, 1.82) is 0 Å². The Kier molecular flexibility index (Phi) is 2.76. The molecule has 66 valence electrons. The van der Waals surface area contributed by atoms with E-state index < -0.39 is 18.1 Å². The molecule has 0 bridgehead atoms. The number of hydrogen-bond donors (Lipinski definition) is 1. The highest BCUT2D eigenvalue weighted by Gasteiger charge is 2.15. The topological polar surface area (TPSA) is 38.9 Å². The summed E-state index contributed by atoms with van der Waals surface area (Å²) in [4.78, 5) is 3.02. The molecule has 0 unspecified atom stereocenters. The molecule has 0 aliphatic carbocycles. The Bertz CT molecular complexity index is 303. The van der Waals surface area contributed by atoms with Crippen molar-refractivity contribution in [2.24, 2.45) is 0 Å². The highest BCUT2D eigenvalue weighted by atomic mass is 127. The lowest BCUT2D eigenvalue weighted by Gasteiger charge is -2.03. The molecule has 0 aromatic carbocycles. The van der Waals surface area contributed by atoms with Gasteiger partial charge in [0.25, 0.3) is 6.43 Å². The molecule has 0 saturated heterocycles. The quantitative estimate of drug-likeness (QED) is 0.636. The molecule has 0 radical (unpaired) electrons. The van der Waals surface area contributed by atoms with E-state index in [0.717, 1.165) is 6.07 Å². The van der Waals surface area contributed by atoms with Gasteiger partial charge < -0.3 is 5.73 Å². The van der Waals surface area contributed by atoms with Gasteiger partial charge in [-0.25, -0.2) is 13.8 Å². The predicted octanol–water partition coefficient (Wildman–Crippen LogP) is 2.35. The Morgan fingerprint density at radius 2 is 2.08 bits per heavy atom. The van der Waals surface area contributed by atoms with Crippen molar-refractivity contribution >= 4 is 28.3 Å². The largest absolute Gasteiger partial charge is 0.397 e. The van der Waals surface area contributed by atoms with Crippen LogP contribution in [-0.4, -0.2) is 4.98 Å². The van der Waals surface area contributed by atoms with Gasteiger partial charge in [0.2, 0.25) is 5.95 Å². The number of alkyl halides is 2. The van der Waals surface area contributed by atoms with Crippen LogP contribution < -0.4 is 5.73 Å². The van der Waals surface area contributed by atoms with E-state index in [-0.39, 0.29) is 9.26 Å². The average Bonchev–Trinajstić information content (AvgIpc) is 1.96. The molecular weight excluding hydrogens is 284 g/mol. The van der Waals surface area contributed by atoms with Gasteiger partial charge in [-0.3, -0.25) is 0 Å². The summed E-state index contributed by atoms with van der Waals surface area (Å²) in [5.74, 6) is -0.917. The maximum absolute atomic E-state index is 12.6. The van der Waals surface area contributed by atoms with Crippen LogP contribution in [0.4, 0.5) is 18.9 Å². The van der Waals surface area contributed by atoms with Crippen molar-refractivity contribution in [3.8, 4) is 0 Å². The van der Waals surface area contributed by atoms with Gasteiger partial charge in [0.1, 0.15) is 5.69 Å². The second kappa shape index (κ2) is 3.46. The molecule has 0 spiro atoms. The third kappa shape index (κ3) is 1.79. The predicted molar refractivity (Wildman–Crippen MR) is 46.3 cm³/mol. The van der Waals surface area contributed by atoms with Crippen LogP contribution in [0.3, 0.4) is 0 Å². The molecule has 0 aliphatic rings. The summed E-state index contributed by atoms with van der Waals surface area (Å²) in [6, 6.07) is 1.13. The first-order valence-corrected chi connectivity index (χ1v) is 4.00. The van der Waals surface area contributed by atoms with Gasteiger partial charge in [0.05, 0.1) is 9.26 Å². The zero-order chi connectivity index (χ0) is 9.30. The third-order valence-corrected chi connectivity index (χ3v) is 1.96. The normalized spacial score (nSPS) is 10.8. The minimum Gasteiger partial charge on any atom is -0.397 e. The van der Waals surface area contributed by atoms with Crippen LogP contribution >= 0.6 is 22.6 Å². The van der Waals surface area contributed by atoms with Crippen molar-refractivity contribution < 1.29 is 13.2 Å². The molecule has 0 atom stereocenters. The van der Waals surface area contributed by atoms with E-state index in [1.807, 2.05) is 0 Å². The molecule has 1 aromatic heterocycles. The highest BCUT2D eigenvalue weighted by Crippen LogP contribution is 2.24. The van der Waals surface area contributed by atoms with Gasteiger partial charge in [-0.2, -0.15) is 4.39 Å². The molecule has 1 rings (SSSR count). The van der Waals surface area contributed by atoms with Crippen LogP contribution in [0.5, 0.6) is 0 Å². The monoisotopic (exact) mass is 288 g/mol. The average molecular weight is 288 g/mol. The van der Waals surface area contributed by atoms with E-state index >= 15 is 0 Å².